The van der Waals surface area contributed by atoms with Crippen molar-refractivity contribution in [1.82, 2.24) is 0 Å². The predicted molar refractivity (Wildman–Crippen MR) is 66.2 cm³/mol. The molecule has 1 saturated carbocycles. The topological polar surface area (TPSA) is 78.3 Å². The maximum Gasteiger partial charge on any atom is 0.248 e. The summed E-state index contributed by atoms with van der Waals surface area (Å²) in [5.41, 5.74) is 11.3. The van der Waals surface area contributed by atoms with Crippen molar-refractivity contribution in [2.75, 3.05) is 0 Å². The lowest BCUT2D eigenvalue weighted by Crippen LogP contribution is -2.19. The third kappa shape index (κ3) is 2.90. The van der Waals surface area contributed by atoms with E-state index >= 15 is 0 Å². The Bertz CT molecular complexity index is 437. The smallest absolute Gasteiger partial charge is 0.248 e. The highest BCUT2D eigenvalue weighted by molar-refractivity contribution is 6.32. The molecule has 2 atom stereocenters. The molecule has 0 spiro atoms. The van der Waals surface area contributed by atoms with Gasteiger partial charge in [0.1, 0.15) is 11.9 Å². The summed E-state index contributed by atoms with van der Waals surface area (Å²) in [6.07, 6.45) is 2.87. The van der Waals surface area contributed by atoms with Crippen molar-refractivity contribution in [3.63, 3.8) is 0 Å². The normalized spacial score (nSPS) is 23.6. The lowest BCUT2D eigenvalue weighted by molar-refractivity contribution is 0.1000. The van der Waals surface area contributed by atoms with E-state index < -0.39 is 5.91 Å². The number of carbonyl (C=O) groups excluding carboxylic acids is 1. The van der Waals surface area contributed by atoms with Crippen LogP contribution in [0, 0.1) is 0 Å². The summed E-state index contributed by atoms with van der Waals surface area (Å²) in [4.78, 5) is 11.0. The van der Waals surface area contributed by atoms with Gasteiger partial charge in [-0.25, -0.2) is 0 Å². The summed E-state index contributed by atoms with van der Waals surface area (Å²) >= 11 is 6.02. The van der Waals surface area contributed by atoms with Crippen LogP contribution in [0.4, 0.5) is 0 Å². The van der Waals surface area contributed by atoms with Crippen LogP contribution in [-0.4, -0.2) is 18.1 Å². The maximum absolute atomic E-state index is 11.0. The molecule has 1 aliphatic rings. The Morgan fingerprint density at radius 1 is 1.41 bits per heavy atom. The Hall–Kier alpha value is -1.26. The molecule has 0 radical (unpaired) electrons. The standard InChI is InChI=1S/C12H15ClN2O2/c13-10-5-7(12(15)16)1-4-11(10)17-9-3-2-8(14)6-9/h1,4-5,8-9H,2-3,6,14H2,(H2,15,16). The monoisotopic (exact) mass is 254 g/mol. The lowest BCUT2D eigenvalue weighted by atomic mass is 10.2. The zero-order valence-electron chi connectivity index (χ0n) is 9.36. The van der Waals surface area contributed by atoms with Crippen molar-refractivity contribution in [3.05, 3.63) is 28.8 Å². The van der Waals surface area contributed by atoms with Crippen molar-refractivity contribution in [2.24, 2.45) is 11.5 Å². The van der Waals surface area contributed by atoms with Crippen molar-refractivity contribution >= 4 is 17.5 Å². The molecule has 0 bridgehead atoms. The van der Waals surface area contributed by atoms with Crippen molar-refractivity contribution in [1.29, 1.82) is 0 Å². The Morgan fingerprint density at radius 3 is 2.71 bits per heavy atom. The average molecular weight is 255 g/mol. The molecule has 1 aromatic carbocycles. The summed E-state index contributed by atoms with van der Waals surface area (Å²) in [6.45, 7) is 0. The average Bonchev–Trinajstić information content (AvgIpc) is 2.67. The number of carbonyl (C=O) groups is 1. The van der Waals surface area contributed by atoms with Gasteiger partial charge in [0, 0.05) is 11.6 Å². The molecular weight excluding hydrogens is 240 g/mol. The molecule has 1 aliphatic carbocycles. The molecule has 0 aliphatic heterocycles. The third-order valence-electron chi connectivity index (χ3n) is 2.94. The van der Waals surface area contributed by atoms with Crippen LogP contribution in [0.3, 0.4) is 0 Å². The summed E-state index contributed by atoms with van der Waals surface area (Å²) in [5.74, 6) is 0.0807. The molecule has 1 aromatic rings. The van der Waals surface area contributed by atoms with Crippen molar-refractivity contribution < 1.29 is 9.53 Å². The largest absolute Gasteiger partial charge is 0.489 e. The van der Waals surface area contributed by atoms with Crippen LogP contribution in [-0.2, 0) is 0 Å². The molecular formula is C12H15ClN2O2. The van der Waals surface area contributed by atoms with Gasteiger partial charge >= 0.3 is 0 Å². The van der Waals surface area contributed by atoms with Gasteiger partial charge in [-0.2, -0.15) is 0 Å². The van der Waals surface area contributed by atoms with Gasteiger partial charge in [-0.05, 0) is 37.5 Å². The number of halogens is 1. The Balaban J connectivity index is 2.09. The van der Waals surface area contributed by atoms with Gasteiger partial charge in [-0.15, -0.1) is 0 Å². The second kappa shape index (κ2) is 4.94. The molecule has 0 saturated heterocycles. The first-order valence-corrected chi connectivity index (χ1v) is 5.95. The molecule has 92 valence electrons. The van der Waals surface area contributed by atoms with E-state index in [0.717, 1.165) is 19.3 Å². The predicted octanol–water partition coefficient (Wildman–Crippen LogP) is 1.70. The van der Waals surface area contributed by atoms with Gasteiger partial charge in [-0.3, -0.25) is 4.79 Å². The van der Waals surface area contributed by atoms with E-state index in [0.29, 0.717) is 16.3 Å². The van der Waals surface area contributed by atoms with Crippen LogP contribution in [0.5, 0.6) is 5.75 Å². The van der Waals surface area contributed by atoms with E-state index in [2.05, 4.69) is 0 Å². The SMILES string of the molecule is NC(=O)c1ccc(OC2CCC(N)C2)c(Cl)c1. The van der Waals surface area contributed by atoms with E-state index in [9.17, 15) is 4.79 Å². The van der Waals surface area contributed by atoms with Gasteiger partial charge in [-0.1, -0.05) is 11.6 Å². The highest BCUT2D eigenvalue weighted by Gasteiger charge is 2.23. The first-order valence-electron chi connectivity index (χ1n) is 5.58. The van der Waals surface area contributed by atoms with Crippen LogP contribution in [0.15, 0.2) is 18.2 Å². The summed E-state index contributed by atoms with van der Waals surface area (Å²) in [5, 5.41) is 0.404. The number of ether oxygens (including phenoxy) is 1. The number of amides is 1. The molecule has 0 heterocycles. The Kier molecular flexibility index (Phi) is 3.54. The zero-order chi connectivity index (χ0) is 12.4. The molecule has 0 aromatic heterocycles. The highest BCUT2D eigenvalue weighted by Crippen LogP contribution is 2.30. The summed E-state index contributed by atoms with van der Waals surface area (Å²) in [6, 6.07) is 5.02. The fourth-order valence-corrected chi connectivity index (χ4v) is 2.23. The third-order valence-corrected chi connectivity index (χ3v) is 3.23. The van der Waals surface area contributed by atoms with Crippen LogP contribution in [0.1, 0.15) is 29.6 Å². The molecule has 2 rings (SSSR count). The van der Waals surface area contributed by atoms with Crippen molar-refractivity contribution in [3.8, 4) is 5.75 Å². The van der Waals surface area contributed by atoms with Gasteiger partial charge < -0.3 is 16.2 Å². The van der Waals surface area contributed by atoms with E-state index in [1.165, 1.54) is 6.07 Å². The fourth-order valence-electron chi connectivity index (χ4n) is 2.01. The van der Waals surface area contributed by atoms with E-state index in [4.69, 9.17) is 27.8 Å². The number of rotatable bonds is 3. The second-order valence-corrected chi connectivity index (χ2v) is 4.73. The van der Waals surface area contributed by atoms with E-state index in [1.54, 1.807) is 12.1 Å². The van der Waals surface area contributed by atoms with Gasteiger partial charge in [0.15, 0.2) is 0 Å². The maximum atomic E-state index is 11.0. The fraction of sp³-hybridized carbons (Fsp3) is 0.417. The highest BCUT2D eigenvalue weighted by atomic mass is 35.5. The first-order chi connectivity index (χ1) is 8.06. The minimum Gasteiger partial charge on any atom is -0.489 e. The molecule has 1 fully saturated rings. The lowest BCUT2D eigenvalue weighted by Gasteiger charge is -2.14. The Morgan fingerprint density at radius 2 is 2.18 bits per heavy atom. The number of benzene rings is 1. The minimum absolute atomic E-state index is 0.113. The molecule has 4 nitrogen and oxygen atoms in total. The molecule has 2 unspecified atom stereocenters. The van der Waals surface area contributed by atoms with Crippen LogP contribution in [0.2, 0.25) is 5.02 Å². The molecule has 5 heteroatoms. The quantitative estimate of drug-likeness (QED) is 0.862. The number of hydrogen-bond donors (Lipinski definition) is 2. The molecule has 1 amide bonds. The second-order valence-electron chi connectivity index (χ2n) is 4.32. The zero-order valence-corrected chi connectivity index (χ0v) is 10.1. The van der Waals surface area contributed by atoms with Crippen LogP contribution < -0.4 is 16.2 Å². The van der Waals surface area contributed by atoms with Crippen LogP contribution in [0.25, 0.3) is 0 Å². The van der Waals surface area contributed by atoms with Gasteiger partial charge in [0.2, 0.25) is 5.91 Å². The van der Waals surface area contributed by atoms with Crippen LogP contribution >= 0.6 is 11.6 Å². The molecule has 4 N–H and O–H groups in total. The summed E-state index contributed by atoms with van der Waals surface area (Å²) in [7, 11) is 0. The first kappa shape index (κ1) is 12.2. The molecule has 17 heavy (non-hydrogen) atoms. The number of nitrogens with two attached hydrogens (primary N) is 2. The minimum atomic E-state index is -0.499. The van der Waals surface area contributed by atoms with E-state index in [-0.39, 0.29) is 12.1 Å². The van der Waals surface area contributed by atoms with Gasteiger partial charge in [0.25, 0.3) is 0 Å². The number of hydrogen-bond acceptors (Lipinski definition) is 3. The summed E-state index contributed by atoms with van der Waals surface area (Å²) < 4.78 is 5.75. The number of primary amides is 1. The van der Waals surface area contributed by atoms with Crippen molar-refractivity contribution in [2.45, 2.75) is 31.4 Å². The Labute approximate surface area is 105 Å². The van der Waals surface area contributed by atoms with E-state index in [1.807, 2.05) is 0 Å². The van der Waals surface area contributed by atoms with Gasteiger partial charge in [0.05, 0.1) is 5.02 Å².